The molecule has 0 radical (unpaired) electrons. The first-order valence-corrected chi connectivity index (χ1v) is 16.2. The standard InChI is InChI=1S/C29H46F2N2O.C4H11N.C2H4.CH4/c1-6-8-21-9-10-22-24-12-11-23(28(24,5)16-13-25(22)27(21,4)15-7-2)20(3)33-34-19-14-26-29(30,31)17-18-32-26;1-4(2)5-3;1-2;/h6,8,22-26,32H,1,7,9-19H2,2-5H3;4-5H,1-3H3;1-2H2;1H4/b21-8-,33-20+;;;. The maximum atomic E-state index is 13.8. The fraction of sp³-hybridized carbons (Fsp3) is 0.806. The van der Waals surface area contributed by atoms with Crippen LogP contribution in [0.15, 0.2) is 42.6 Å². The van der Waals surface area contributed by atoms with E-state index in [-0.39, 0.29) is 25.9 Å². The minimum absolute atomic E-state index is 0. The van der Waals surface area contributed by atoms with Gasteiger partial charge in [0.25, 0.3) is 5.92 Å². The van der Waals surface area contributed by atoms with E-state index in [0.717, 1.165) is 23.5 Å². The highest BCUT2D eigenvalue weighted by atomic mass is 19.3. The van der Waals surface area contributed by atoms with Gasteiger partial charge in [0.05, 0.1) is 11.8 Å². The van der Waals surface area contributed by atoms with Crippen LogP contribution in [0, 0.1) is 34.5 Å². The molecule has 1 saturated heterocycles. The van der Waals surface area contributed by atoms with Gasteiger partial charge in [0.2, 0.25) is 0 Å². The average Bonchev–Trinajstić information content (AvgIpc) is 3.47. The lowest BCUT2D eigenvalue weighted by molar-refractivity contribution is -0.0413. The summed E-state index contributed by atoms with van der Waals surface area (Å²) in [5.41, 5.74) is 3.25. The molecule has 1 heterocycles. The number of halogens is 2. The van der Waals surface area contributed by atoms with Crippen molar-refractivity contribution in [3.63, 3.8) is 0 Å². The molecule has 7 atom stereocenters. The minimum atomic E-state index is -2.63. The van der Waals surface area contributed by atoms with Gasteiger partial charge in [-0.15, -0.1) is 13.2 Å². The molecular weight excluding hydrogens is 528 g/mol. The van der Waals surface area contributed by atoms with E-state index in [9.17, 15) is 8.78 Å². The Kier molecular flexibility index (Phi) is 15.7. The van der Waals surface area contributed by atoms with Gasteiger partial charge in [0.1, 0.15) is 6.61 Å². The molecule has 1 aliphatic heterocycles. The molecule has 0 bridgehead atoms. The molecule has 4 nitrogen and oxygen atoms in total. The van der Waals surface area contributed by atoms with Crippen molar-refractivity contribution in [1.29, 1.82) is 0 Å². The van der Waals surface area contributed by atoms with Gasteiger partial charge < -0.3 is 15.5 Å². The highest BCUT2D eigenvalue weighted by Crippen LogP contribution is 2.66. The van der Waals surface area contributed by atoms with Gasteiger partial charge in [0.15, 0.2) is 0 Å². The van der Waals surface area contributed by atoms with Crippen LogP contribution in [0.5, 0.6) is 0 Å². The number of nitrogens with zero attached hydrogens (tertiary/aromatic N) is 1. The average molecular weight is 594 g/mol. The van der Waals surface area contributed by atoms with Gasteiger partial charge in [-0.05, 0) is 87.5 Å². The summed E-state index contributed by atoms with van der Waals surface area (Å²) in [5, 5.41) is 10.4. The molecule has 4 rings (SSSR count). The maximum absolute atomic E-state index is 13.8. The smallest absolute Gasteiger partial charge is 0.264 e. The molecule has 244 valence electrons. The SMILES string of the molecule is C.C=C.C=C/C=C1/CCC2C(CCC3(C)C(/C(C)=N/OCCC4NCCC4(F)F)CCC23)C1(C)CCC.CNC(C)C. The second-order valence-electron chi connectivity index (χ2n) is 13.5. The Morgan fingerprint density at radius 2 is 1.81 bits per heavy atom. The third-order valence-electron chi connectivity index (χ3n) is 11.0. The van der Waals surface area contributed by atoms with E-state index < -0.39 is 12.0 Å². The number of oxime groups is 1. The lowest BCUT2D eigenvalue weighted by atomic mass is 9.47. The largest absolute Gasteiger partial charge is 0.396 e. The maximum Gasteiger partial charge on any atom is 0.264 e. The first kappa shape index (κ1) is 38.5. The summed E-state index contributed by atoms with van der Waals surface area (Å²) in [7, 11) is 1.95. The highest BCUT2D eigenvalue weighted by Gasteiger charge is 2.58. The normalized spacial score (nSPS) is 36.0. The number of rotatable bonds is 9. The molecule has 0 amide bonds. The molecule has 3 saturated carbocycles. The molecule has 4 fully saturated rings. The van der Waals surface area contributed by atoms with Crippen molar-refractivity contribution < 1.29 is 13.6 Å². The summed E-state index contributed by atoms with van der Waals surface area (Å²) in [6.45, 7) is 24.3. The predicted octanol–water partition coefficient (Wildman–Crippen LogP) is 9.59. The summed E-state index contributed by atoms with van der Waals surface area (Å²) in [6.07, 6.45) is 14.5. The summed E-state index contributed by atoms with van der Waals surface area (Å²) in [6, 6.07) is -0.148. The first-order valence-electron chi connectivity index (χ1n) is 16.2. The number of alkyl halides is 2. The highest BCUT2D eigenvalue weighted by molar-refractivity contribution is 5.85. The zero-order valence-corrected chi connectivity index (χ0v) is 27.3. The number of hydrogen-bond acceptors (Lipinski definition) is 4. The molecule has 7 unspecified atom stereocenters. The second-order valence-corrected chi connectivity index (χ2v) is 13.5. The fourth-order valence-electron chi connectivity index (χ4n) is 8.73. The van der Waals surface area contributed by atoms with Crippen molar-refractivity contribution in [1.82, 2.24) is 10.6 Å². The van der Waals surface area contributed by atoms with Gasteiger partial charge in [0, 0.05) is 31.3 Å². The topological polar surface area (TPSA) is 45.6 Å². The third kappa shape index (κ3) is 8.55. The summed E-state index contributed by atoms with van der Waals surface area (Å²) in [5.74, 6) is 0.0983. The van der Waals surface area contributed by atoms with Crippen LogP contribution < -0.4 is 10.6 Å². The third-order valence-corrected chi connectivity index (χ3v) is 11.0. The van der Waals surface area contributed by atoms with Crippen LogP contribution in [0.1, 0.15) is 113 Å². The van der Waals surface area contributed by atoms with Gasteiger partial charge >= 0.3 is 0 Å². The first-order chi connectivity index (χ1) is 19.4. The van der Waals surface area contributed by atoms with E-state index in [1.807, 2.05) is 13.1 Å². The van der Waals surface area contributed by atoms with Crippen molar-refractivity contribution >= 4 is 5.71 Å². The summed E-state index contributed by atoms with van der Waals surface area (Å²) < 4.78 is 27.6. The van der Waals surface area contributed by atoms with Gasteiger partial charge in [-0.1, -0.05) is 77.9 Å². The Morgan fingerprint density at radius 3 is 2.36 bits per heavy atom. The quantitative estimate of drug-likeness (QED) is 0.121. The minimum Gasteiger partial charge on any atom is -0.396 e. The Hall–Kier alpha value is -1.53. The van der Waals surface area contributed by atoms with Gasteiger partial charge in [-0.3, -0.25) is 0 Å². The molecule has 3 aliphatic carbocycles. The molecule has 6 heteroatoms. The van der Waals surface area contributed by atoms with E-state index in [1.165, 1.54) is 51.4 Å². The zero-order valence-electron chi connectivity index (χ0n) is 27.3. The Labute approximate surface area is 258 Å². The van der Waals surface area contributed by atoms with Crippen LogP contribution in [-0.4, -0.2) is 43.9 Å². The van der Waals surface area contributed by atoms with E-state index in [4.69, 9.17) is 4.84 Å². The van der Waals surface area contributed by atoms with E-state index >= 15 is 0 Å². The fourth-order valence-corrected chi connectivity index (χ4v) is 8.73. The van der Waals surface area contributed by atoms with Crippen LogP contribution in [0.25, 0.3) is 0 Å². The van der Waals surface area contributed by atoms with Crippen LogP contribution >= 0.6 is 0 Å². The Bertz CT molecular complexity index is 887. The van der Waals surface area contributed by atoms with Crippen LogP contribution in [-0.2, 0) is 4.84 Å². The van der Waals surface area contributed by atoms with E-state index in [2.05, 4.69) is 83.1 Å². The van der Waals surface area contributed by atoms with Gasteiger partial charge in [-0.2, -0.15) is 0 Å². The lowest BCUT2D eigenvalue weighted by Crippen LogP contribution is -2.50. The molecular formula is C36H65F2N3O. The second kappa shape index (κ2) is 17.1. The van der Waals surface area contributed by atoms with Crippen LogP contribution in [0.2, 0.25) is 0 Å². The summed E-state index contributed by atoms with van der Waals surface area (Å²) in [4.78, 5) is 5.60. The van der Waals surface area contributed by atoms with Crippen LogP contribution in [0.4, 0.5) is 8.78 Å². The molecule has 42 heavy (non-hydrogen) atoms. The van der Waals surface area contributed by atoms with Crippen molar-refractivity contribution in [2.45, 2.75) is 131 Å². The Balaban J connectivity index is 0.000000999. The molecule has 0 spiro atoms. The number of fused-ring (bicyclic) bond motifs is 3. The predicted molar refractivity (Wildman–Crippen MR) is 178 cm³/mol. The number of allylic oxidation sites excluding steroid dienone is 3. The van der Waals surface area contributed by atoms with Crippen molar-refractivity contribution in [2.75, 3.05) is 20.2 Å². The molecule has 0 aromatic heterocycles. The van der Waals surface area contributed by atoms with E-state index in [0.29, 0.717) is 30.3 Å². The molecule has 2 N–H and O–H groups in total. The summed E-state index contributed by atoms with van der Waals surface area (Å²) >= 11 is 0. The van der Waals surface area contributed by atoms with Crippen molar-refractivity contribution in [3.8, 4) is 0 Å². The van der Waals surface area contributed by atoms with Crippen molar-refractivity contribution in [2.24, 2.45) is 39.7 Å². The molecule has 4 aliphatic rings. The Morgan fingerprint density at radius 1 is 1.14 bits per heavy atom. The lowest BCUT2D eigenvalue weighted by Gasteiger charge is -2.57. The zero-order chi connectivity index (χ0) is 30.8. The molecule has 0 aromatic carbocycles. The van der Waals surface area contributed by atoms with Crippen LogP contribution in [0.3, 0.4) is 0 Å². The number of nitrogens with one attached hydrogen (secondary N) is 2. The molecule has 0 aromatic rings. The monoisotopic (exact) mass is 594 g/mol. The van der Waals surface area contributed by atoms with E-state index in [1.54, 1.807) is 5.57 Å². The van der Waals surface area contributed by atoms with Gasteiger partial charge in [-0.25, -0.2) is 8.78 Å². The van der Waals surface area contributed by atoms with Crippen molar-refractivity contribution in [3.05, 3.63) is 37.5 Å². The number of hydrogen-bond donors (Lipinski definition) is 2.